The summed E-state index contributed by atoms with van der Waals surface area (Å²) in [4.78, 5) is 28.1. The van der Waals surface area contributed by atoms with E-state index >= 15 is 0 Å². The highest BCUT2D eigenvalue weighted by molar-refractivity contribution is 8.00. The summed E-state index contributed by atoms with van der Waals surface area (Å²) in [6, 6.07) is 1.21. The van der Waals surface area contributed by atoms with E-state index in [1.807, 2.05) is 16.7 Å². The number of nitrogens with zero attached hydrogens (tertiary/aromatic N) is 3. The van der Waals surface area contributed by atoms with Gasteiger partial charge in [0.2, 0.25) is 0 Å². The molecule has 1 amide bonds. The number of thioether (sulfide) groups is 1. The number of rotatable bonds is 5. The van der Waals surface area contributed by atoms with Gasteiger partial charge in [-0.2, -0.15) is 11.8 Å². The molecule has 1 aliphatic rings. The standard InChI is InChI=1S/C14H20N4O3S/c1-3-14(4-2)9-17(5-6-22-14)13-11(12(15)19)7-10(8-16-13)18(20)21/h7-8H,3-6,9H2,1-2H3,(H2,15,19). The van der Waals surface area contributed by atoms with Gasteiger partial charge in [-0.1, -0.05) is 13.8 Å². The van der Waals surface area contributed by atoms with Gasteiger partial charge in [0.05, 0.1) is 10.5 Å². The van der Waals surface area contributed by atoms with Crippen LogP contribution in [0.2, 0.25) is 0 Å². The van der Waals surface area contributed by atoms with Gasteiger partial charge in [-0.05, 0) is 12.8 Å². The van der Waals surface area contributed by atoms with E-state index in [1.54, 1.807) is 0 Å². The summed E-state index contributed by atoms with van der Waals surface area (Å²) in [6.07, 6.45) is 3.22. The van der Waals surface area contributed by atoms with Crippen molar-refractivity contribution >= 4 is 29.2 Å². The zero-order chi connectivity index (χ0) is 16.3. The Morgan fingerprint density at radius 2 is 2.23 bits per heavy atom. The number of primary amides is 1. The van der Waals surface area contributed by atoms with Crippen molar-refractivity contribution in [1.82, 2.24) is 4.98 Å². The number of pyridine rings is 1. The van der Waals surface area contributed by atoms with Crippen LogP contribution in [0, 0.1) is 10.1 Å². The van der Waals surface area contributed by atoms with Gasteiger partial charge in [0.15, 0.2) is 0 Å². The fourth-order valence-electron chi connectivity index (χ4n) is 2.68. The van der Waals surface area contributed by atoms with E-state index in [-0.39, 0.29) is 16.0 Å². The molecule has 0 bridgehead atoms. The maximum Gasteiger partial charge on any atom is 0.288 e. The number of nitro groups is 1. The second-order valence-electron chi connectivity index (χ2n) is 5.35. The minimum Gasteiger partial charge on any atom is -0.365 e. The Morgan fingerprint density at radius 1 is 1.55 bits per heavy atom. The highest BCUT2D eigenvalue weighted by atomic mass is 32.2. The fourth-order valence-corrected chi connectivity index (χ4v) is 4.08. The number of hydrogen-bond acceptors (Lipinski definition) is 6. The molecule has 2 N–H and O–H groups in total. The molecule has 0 atom stereocenters. The maximum absolute atomic E-state index is 11.7. The Bertz CT molecular complexity index is 589. The Hall–Kier alpha value is -1.83. The van der Waals surface area contributed by atoms with Crippen LogP contribution in [0.15, 0.2) is 12.3 Å². The molecule has 7 nitrogen and oxygen atoms in total. The third kappa shape index (κ3) is 3.16. The first kappa shape index (κ1) is 16.5. The summed E-state index contributed by atoms with van der Waals surface area (Å²) in [5, 5.41) is 10.9. The quantitative estimate of drug-likeness (QED) is 0.658. The Kier molecular flexibility index (Phi) is 4.90. The molecule has 1 fully saturated rings. The lowest BCUT2D eigenvalue weighted by atomic mass is 10.0. The highest BCUT2D eigenvalue weighted by Gasteiger charge is 2.35. The summed E-state index contributed by atoms with van der Waals surface area (Å²) in [6.45, 7) is 5.81. The summed E-state index contributed by atoms with van der Waals surface area (Å²) >= 11 is 1.94. The molecule has 22 heavy (non-hydrogen) atoms. The van der Waals surface area contributed by atoms with E-state index in [0.717, 1.165) is 31.7 Å². The van der Waals surface area contributed by atoms with Crippen LogP contribution < -0.4 is 10.6 Å². The number of nitrogens with two attached hydrogens (primary N) is 1. The first-order chi connectivity index (χ1) is 10.4. The maximum atomic E-state index is 11.7. The molecule has 1 aromatic heterocycles. The molecule has 0 radical (unpaired) electrons. The normalized spacial score (nSPS) is 17.3. The van der Waals surface area contributed by atoms with Gasteiger partial charge in [-0.15, -0.1) is 0 Å². The number of aromatic nitrogens is 1. The molecule has 1 aromatic rings. The van der Waals surface area contributed by atoms with E-state index in [9.17, 15) is 14.9 Å². The lowest BCUT2D eigenvalue weighted by Crippen LogP contribution is -2.47. The molecule has 1 saturated heterocycles. The van der Waals surface area contributed by atoms with Crippen molar-refractivity contribution in [1.29, 1.82) is 0 Å². The van der Waals surface area contributed by atoms with Crippen LogP contribution in [0.1, 0.15) is 37.0 Å². The summed E-state index contributed by atoms with van der Waals surface area (Å²) < 4.78 is 0.122. The van der Waals surface area contributed by atoms with Gasteiger partial charge < -0.3 is 10.6 Å². The molecular formula is C14H20N4O3S. The molecule has 120 valence electrons. The fraction of sp³-hybridized carbons (Fsp3) is 0.571. The number of anilines is 1. The molecule has 1 aliphatic heterocycles. The first-order valence-corrected chi connectivity index (χ1v) is 8.24. The molecular weight excluding hydrogens is 304 g/mol. The largest absolute Gasteiger partial charge is 0.365 e. The van der Waals surface area contributed by atoms with Gasteiger partial charge in [-0.25, -0.2) is 4.98 Å². The third-order valence-electron chi connectivity index (χ3n) is 4.17. The van der Waals surface area contributed by atoms with Gasteiger partial charge in [0.1, 0.15) is 12.0 Å². The summed E-state index contributed by atoms with van der Waals surface area (Å²) in [5.74, 6) is 0.686. The SMILES string of the molecule is CCC1(CC)CN(c2ncc([N+](=O)[O-])cc2C(N)=O)CCS1. The van der Waals surface area contributed by atoms with E-state index < -0.39 is 10.8 Å². The number of carbonyl (C=O) groups excluding carboxylic acids is 1. The molecule has 2 heterocycles. The van der Waals surface area contributed by atoms with Crippen LogP contribution in [-0.4, -0.2) is 39.4 Å². The van der Waals surface area contributed by atoms with Crippen molar-refractivity contribution in [3.63, 3.8) is 0 Å². The van der Waals surface area contributed by atoms with Crippen LogP contribution in [0.4, 0.5) is 11.5 Å². The lowest BCUT2D eigenvalue weighted by Gasteiger charge is -2.42. The van der Waals surface area contributed by atoms with Crippen LogP contribution in [0.5, 0.6) is 0 Å². The predicted molar refractivity (Wildman–Crippen MR) is 87.4 cm³/mol. The van der Waals surface area contributed by atoms with Gasteiger partial charge in [0, 0.05) is 29.7 Å². The van der Waals surface area contributed by atoms with Crippen molar-refractivity contribution in [2.75, 3.05) is 23.7 Å². The topological polar surface area (TPSA) is 102 Å². The smallest absolute Gasteiger partial charge is 0.288 e. The number of hydrogen-bond donors (Lipinski definition) is 1. The molecule has 0 aromatic carbocycles. The van der Waals surface area contributed by atoms with Crippen LogP contribution in [-0.2, 0) is 0 Å². The van der Waals surface area contributed by atoms with E-state index in [2.05, 4.69) is 18.8 Å². The molecule has 0 aliphatic carbocycles. The highest BCUT2D eigenvalue weighted by Crippen LogP contribution is 2.38. The molecule has 0 unspecified atom stereocenters. The van der Waals surface area contributed by atoms with E-state index in [1.165, 1.54) is 12.3 Å². The van der Waals surface area contributed by atoms with Crippen LogP contribution in [0.3, 0.4) is 0 Å². The Morgan fingerprint density at radius 3 is 2.77 bits per heavy atom. The van der Waals surface area contributed by atoms with Gasteiger partial charge in [0.25, 0.3) is 11.6 Å². The van der Waals surface area contributed by atoms with E-state index in [0.29, 0.717) is 5.82 Å². The van der Waals surface area contributed by atoms with Crippen molar-refractivity contribution in [3.05, 3.63) is 27.9 Å². The van der Waals surface area contributed by atoms with Gasteiger partial charge >= 0.3 is 0 Å². The van der Waals surface area contributed by atoms with E-state index in [4.69, 9.17) is 5.73 Å². The van der Waals surface area contributed by atoms with Crippen LogP contribution in [0.25, 0.3) is 0 Å². The summed E-state index contributed by atoms with van der Waals surface area (Å²) in [5.41, 5.74) is 5.28. The minimum atomic E-state index is -0.692. The average Bonchev–Trinajstić information content (AvgIpc) is 2.54. The van der Waals surface area contributed by atoms with Crippen molar-refractivity contribution < 1.29 is 9.72 Å². The Balaban J connectivity index is 2.39. The monoisotopic (exact) mass is 324 g/mol. The Labute approximate surface area is 133 Å². The minimum absolute atomic E-state index is 0.113. The van der Waals surface area contributed by atoms with Crippen molar-refractivity contribution in [3.8, 4) is 0 Å². The van der Waals surface area contributed by atoms with Crippen molar-refractivity contribution in [2.45, 2.75) is 31.4 Å². The predicted octanol–water partition coefficient (Wildman–Crippen LogP) is 2.20. The summed E-state index contributed by atoms with van der Waals surface area (Å²) in [7, 11) is 0. The zero-order valence-corrected chi connectivity index (χ0v) is 13.6. The molecule has 0 saturated carbocycles. The molecule has 2 rings (SSSR count). The second kappa shape index (κ2) is 6.51. The zero-order valence-electron chi connectivity index (χ0n) is 12.7. The lowest BCUT2D eigenvalue weighted by molar-refractivity contribution is -0.385. The second-order valence-corrected chi connectivity index (χ2v) is 6.91. The average molecular weight is 324 g/mol. The third-order valence-corrected chi connectivity index (χ3v) is 5.87. The number of carbonyl (C=O) groups is 1. The number of amides is 1. The van der Waals surface area contributed by atoms with Crippen LogP contribution >= 0.6 is 11.8 Å². The molecule has 0 spiro atoms. The van der Waals surface area contributed by atoms with Crippen molar-refractivity contribution in [2.24, 2.45) is 5.73 Å². The first-order valence-electron chi connectivity index (χ1n) is 7.25. The molecule has 8 heteroatoms. The van der Waals surface area contributed by atoms with Gasteiger partial charge in [-0.3, -0.25) is 14.9 Å².